The Kier molecular flexibility index (Phi) is 4.33. The van der Waals surface area contributed by atoms with Gasteiger partial charge in [0.25, 0.3) is 0 Å². The second-order valence-corrected chi connectivity index (χ2v) is 4.75. The predicted molar refractivity (Wildman–Crippen MR) is 68.9 cm³/mol. The number of hydrogen-bond donors (Lipinski definition) is 0. The van der Waals surface area contributed by atoms with Crippen molar-refractivity contribution in [3.8, 4) is 11.8 Å². The molecular weight excluding hydrogens is 228 g/mol. The quantitative estimate of drug-likeness (QED) is 0.818. The molecule has 0 aliphatic heterocycles. The molecule has 0 aliphatic carbocycles. The first-order valence-corrected chi connectivity index (χ1v) is 5.70. The van der Waals surface area contributed by atoms with E-state index in [0.717, 1.165) is 11.3 Å². The van der Waals surface area contributed by atoms with Crippen molar-refractivity contribution in [3.05, 3.63) is 29.8 Å². The van der Waals surface area contributed by atoms with Gasteiger partial charge in [0.05, 0.1) is 13.2 Å². The van der Waals surface area contributed by atoms with Crippen LogP contribution in [0.5, 0.6) is 5.75 Å². The Bertz CT molecular complexity index is 458. The van der Waals surface area contributed by atoms with Crippen LogP contribution in [0.1, 0.15) is 19.4 Å². The molecule has 0 radical (unpaired) electrons. The molecule has 4 heteroatoms. The first kappa shape index (κ1) is 14.0. The molecule has 1 aromatic rings. The zero-order valence-corrected chi connectivity index (χ0v) is 11.2. The highest BCUT2D eigenvalue weighted by Crippen LogP contribution is 2.19. The Labute approximate surface area is 108 Å². The van der Waals surface area contributed by atoms with Crippen LogP contribution in [0.25, 0.3) is 0 Å². The fourth-order valence-corrected chi connectivity index (χ4v) is 1.60. The normalized spacial score (nSPS) is 10.6. The number of carbonyl (C=O) groups is 1. The summed E-state index contributed by atoms with van der Waals surface area (Å²) in [5.74, 6) is 0.603. The largest absolute Gasteiger partial charge is 0.497 e. The lowest BCUT2D eigenvalue weighted by molar-refractivity contribution is -0.136. The third kappa shape index (κ3) is 3.24. The summed E-state index contributed by atoms with van der Waals surface area (Å²) in [6.45, 7) is 3.73. The van der Waals surface area contributed by atoms with Crippen LogP contribution in [0.3, 0.4) is 0 Å². The highest BCUT2D eigenvalue weighted by Gasteiger charge is 2.30. The van der Waals surface area contributed by atoms with Gasteiger partial charge in [-0.15, -0.1) is 0 Å². The number of amides is 1. The molecule has 4 nitrogen and oxygen atoms in total. The topological polar surface area (TPSA) is 53.3 Å². The van der Waals surface area contributed by atoms with E-state index in [-0.39, 0.29) is 5.91 Å². The van der Waals surface area contributed by atoms with Crippen molar-refractivity contribution in [2.24, 2.45) is 5.41 Å². The monoisotopic (exact) mass is 246 g/mol. The number of carbonyl (C=O) groups excluding carboxylic acids is 1. The molecule has 1 aromatic carbocycles. The van der Waals surface area contributed by atoms with Crippen molar-refractivity contribution in [3.63, 3.8) is 0 Å². The highest BCUT2D eigenvalue weighted by molar-refractivity contribution is 5.84. The average molecular weight is 246 g/mol. The number of benzene rings is 1. The van der Waals surface area contributed by atoms with Crippen LogP contribution in [0.2, 0.25) is 0 Å². The van der Waals surface area contributed by atoms with Crippen molar-refractivity contribution in [1.29, 1.82) is 5.26 Å². The summed E-state index contributed by atoms with van der Waals surface area (Å²) in [5, 5.41) is 8.93. The number of methoxy groups -OCH3 is 1. The minimum Gasteiger partial charge on any atom is -0.497 e. The Morgan fingerprint density at radius 2 is 1.94 bits per heavy atom. The summed E-state index contributed by atoms with van der Waals surface area (Å²) in [6, 6.07) is 9.52. The summed E-state index contributed by atoms with van der Waals surface area (Å²) in [4.78, 5) is 13.6. The van der Waals surface area contributed by atoms with E-state index in [1.165, 1.54) is 0 Å². The third-order valence-electron chi connectivity index (χ3n) is 2.74. The van der Waals surface area contributed by atoms with Gasteiger partial charge in [0.15, 0.2) is 0 Å². The van der Waals surface area contributed by atoms with Crippen molar-refractivity contribution >= 4 is 5.91 Å². The van der Waals surface area contributed by atoms with Gasteiger partial charge < -0.3 is 9.64 Å². The SMILES string of the molecule is COc1ccc(CN(C)C(=O)C(C)(C)C#N)cc1. The molecule has 0 heterocycles. The van der Waals surface area contributed by atoms with E-state index in [1.807, 2.05) is 30.3 Å². The predicted octanol–water partition coefficient (Wildman–Crippen LogP) is 2.20. The molecule has 0 atom stereocenters. The van der Waals surface area contributed by atoms with E-state index >= 15 is 0 Å². The van der Waals surface area contributed by atoms with Gasteiger partial charge in [-0.25, -0.2) is 0 Å². The molecule has 96 valence electrons. The van der Waals surface area contributed by atoms with Crippen LogP contribution in [0, 0.1) is 16.7 Å². The summed E-state index contributed by atoms with van der Waals surface area (Å²) in [5.41, 5.74) is 0.0155. The molecule has 0 fully saturated rings. The Morgan fingerprint density at radius 3 is 2.39 bits per heavy atom. The molecule has 1 rings (SSSR count). The first-order chi connectivity index (χ1) is 8.40. The number of ether oxygens (including phenoxy) is 1. The van der Waals surface area contributed by atoms with E-state index in [9.17, 15) is 4.79 Å². The van der Waals surface area contributed by atoms with Crippen molar-refractivity contribution in [2.45, 2.75) is 20.4 Å². The van der Waals surface area contributed by atoms with Gasteiger partial charge in [0.2, 0.25) is 5.91 Å². The fraction of sp³-hybridized carbons (Fsp3) is 0.429. The zero-order chi connectivity index (χ0) is 13.8. The molecule has 0 aliphatic rings. The second-order valence-electron chi connectivity index (χ2n) is 4.75. The lowest BCUT2D eigenvalue weighted by atomic mass is 9.94. The Hall–Kier alpha value is -2.02. The minimum atomic E-state index is -0.985. The van der Waals surface area contributed by atoms with Crippen LogP contribution in [-0.2, 0) is 11.3 Å². The number of rotatable bonds is 4. The minimum absolute atomic E-state index is 0.180. The van der Waals surface area contributed by atoms with Crippen LogP contribution in [0.4, 0.5) is 0 Å². The molecule has 1 amide bonds. The van der Waals surface area contributed by atoms with Gasteiger partial charge in [-0.3, -0.25) is 4.79 Å². The van der Waals surface area contributed by atoms with E-state index in [1.54, 1.807) is 32.9 Å². The third-order valence-corrected chi connectivity index (χ3v) is 2.74. The standard InChI is InChI=1S/C14H18N2O2/c1-14(2,10-15)13(17)16(3)9-11-5-7-12(18-4)8-6-11/h5-8H,9H2,1-4H3. The smallest absolute Gasteiger partial charge is 0.242 e. The molecule has 0 N–H and O–H groups in total. The van der Waals surface area contributed by atoms with Crippen LogP contribution < -0.4 is 4.74 Å². The van der Waals surface area contributed by atoms with E-state index < -0.39 is 5.41 Å². The molecule has 0 bridgehead atoms. The lowest BCUT2D eigenvalue weighted by Crippen LogP contribution is -2.37. The number of nitriles is 1. The average Bonchev–Trinajstić information content (AvgIpc) is 2.38. The fourth-order valence-electron chi connectivity index (χ4n) is 1.60. The number of nitrogens with zero attached hydrogens (tertiary/aromatic N) is 2. The van der Waals surface area contributed by atoms with Crippen molar-refractivity contribution < 1.29 is 9.53 Å². The summed E-state index contributed by atoms with van der Waals surface area (Å²) in [7, 11) is 3.31. The van der Waals surface area contributed by atoms with Crippen molar-refractivity contribution in [2.75, 3.05) is 14.2 Å². The summed E-state index contributed by atoms with van der Waals surface area (Å²) >= 11 is 0. The van der Waals surface area contributed by atoms with Crippen LogP contribution in [-0.4, -0.2) is 25.0 Å². The molecule has 0 saturated heterocycles. The van der Waals surface area contributed by atoms with Gasteiger partial charge >= 0.3 is 0 Å². The maximum Gasteiger partial charge on any atom is 0.242 e. The van der Waals surface area contributed by atoms with Gasteiger partial charge in [0.1, 0.15) is 11.2 Å². The van der Waals surface area contributed by atoms with Gasteiger partial charge in [-0.1, -0.05) is 12.1 Å². The first-order valence-electron chi connectivity index (χ1n) is 5.70. The van der Waals surface area contributed by atoms with Crippen molar-refractivity contribution in [1.82, 2.24) is 4.90 Å². The summed E-state index contributed by atoms with van der Waals surface area (Å²) < 4.78 is 5.07. The maximum absolute atomic E-state index is 12.0. The number of hydrogen-bond acceptors (Lipinski definition) is 3. The molecule has 0 saturated carbocycles. The highest BCUT2D eigenvalue weighted by atomic mass is 16.5. The van der Waals surface area contributed by atoms with Gasteiger partial charge in [-0.05, 0) is 31.5 Å². The molecular formula is C14H18N2O2. The molecule has 0 spiro atoms. The van der Waals surface area contributed by atoms with E-state index in [4.69, 9.17) is 10.00 Å². The lowest BCUT2D eigenvalue weighted by Gasteiger charge is -2.24. The molecule has 0 aromatic heterocycles. The maximum atomic E-state index is 12.0. The van der Waals surface area contributed by atoms with Gasteiger partial charge in [-0.2, -0.15) is 5.26 Å². The molecule has 18 heavy (non-hydrogen) atoms. The summed E-state index contributed by atoms with van der Waals surface area (Å²) in [6.07, 6.45) is 0. The second kappa shape index (κ2) is 5.54. The van der Waals surface area contributed by atoms with E-state index in [0.29, 0.717) is 6.54 Å². The van der Waals surface area contributed by atoms with Crippen LogP contribution >= 0.6 is 0 Å². The Morgan fingerprint density at radius 1 is 1.39 bits per heavy atom. The Balaban J connectivity index is 2.73. The van der Waals surface area contributed by atoms with E-state index in [2.05, 4.69) is 0 Å². The zero-order valence-electron chi connectivity index (χ0n) is 11.2. The van der Waals surface area contributed by atoms with Gasteiger partial charge in [0, 0.05) is 13.6 Å². The molecule has 0 unspecified atom stereocenters. The van der Waals surface area contributed by atoms with Crippen LogP contribution in [0.15, 0.2) is 24.3 Å².